The molecule has 0 radical (unpaired) electrons. The molecular weight excluding hydrogens is 396 g/mol. The number of carbonyl (C=O) groups excluding carboxylic acids is 2. The highest BCUT2D eigenvalue weighted by Gasteiger charge is 2.30. The SMILES string of the molecule is CCOC(=O)C1CCN(C(=O)c2cc(-c3ccc(OC)cc3)nc3c2cnn3C)CC1. The number of hydrogen-bond donors (Lipinski definition) is 0. The molecule has 1 aliphatic rings. The predicted octanol–water partition coefficient (Wildman–Crippen LogP) is 3.06. The van der Waals surface area contributed by atoms with Gasteiger partial charge in [-0.05, 0) is 50.1 Å². The van der Waals surface area contributed by atoms with Gasteiger partial charge in [-0.1, -0.05) is 0 Å². The largest absolute Gasteiger partial charge is 0.497 e. The van der Waals surface area contributed by atoms with Crippen LogP contribution in [-0.2, 0) is 16.6 Å². The number of ether oxygens (including phenoxy) is 2. The summed E-state index contributed by atoms with van der Waals surface area (Å²) in [5.41, 5.74) is 2.80. The summed E-state index contributed by atoms with van der Waals surface area (Å²) < 4.78 is 12.0. The number of piperidine rings is 1. The summed E-state index contributed by atoms with van der Waals surface area (Å²) in [7, 11) is 3.43. The van der Waals surface area contributed by atoms with Crippen molar-refractivity contribution in [3.8, 4) is 17.0 Å². The molecule has 0 saturated carbocycles. The number of amides is 1. The van der Waals surface area contributed by atoms with Gasteiger partial charge in [0.1, 0.15) is 5.75 Å². The van der Waals surface area contributed by atoms with Crippen molar-refractivity contribution in [2.45, 2.75) is 19.8 Å². The Morgan fingerprint density at radius 1 is 1.16 bits per heavy atom. The third kappa shape index (κ3) is 4.10. The maximum atomic E-state index is 13.4. The highest BCUT2D eigenvalue weighted by Crippen LogP contribution is 2.28. The minimum Gasteiger partial charge on any atom is -0.497 e. The first kappa shape index (κ1) is 20.8. The molecule has 162 valence electrons. The molecule has 0 bridgehead atoms. The van der Waals surface area contributed by atoms with E-state index < -0.39 is 0 Å². The summed E-state index contributed by atoms with van der Waals surface area (Å²) in [6, 6.07) is 9.40. The lowest BCUT2D eigenvalue weighted by molar-refractivity contribution is -0.149. The molecule has 8 nitrogen and oxygen atoms in total. The lowest BCUT2D eigenvalue weighted by atomic mass is 9.96. The highest BCUT2D eigenvalue weighted by molar-refractivity contribution is 6.06. The standard InChI is InChI=1S/C23H26N4O4/c1-4-31-23(29)16-9-11-27(12-10-16)22(28)18-13-20(15-5-7-17(30-3)8-6-15)25-21-19(18)14-24-26(21)2/h5-8,13-14,16H,4,9-12H2,1-3H3. The average Bonchev–Trinajstić information content (AvgIpc) is 3.19. The number of rotatable bonds is 5. The van der Waals surface area contributed by atoms with Gasteiger partial charge in [-0.3, -0.25) is 14.3 Å². The second kappa shape index (κ2) is 8.75. The fourth-order valence-corrected chi connectivity index (χ4v) is 3.95. The topological polar surface area (TPSA) is 86.6 Å². The molecule has 3 aromatic rings. The normalized spacial score (nSPS) is 14.6. The second-order valence-electron chi connectivity index (χ2n) is 7.61. The summed E-state index contributed by atoms with van der Waals surface area (Å²) in [5.74, 6) is 0.369. The van der Waals surface area contributed by atoms with E-state index in [0.29, 0.717) is 49.4 Å². The molecule has 8 heteroatoms. The van der Waals surface area contributed by atoms with Crippen LogP contribution in [0.15, 0.2) is 36.5 Å². The zero-order valence-corrected chi connectivity index (χ0v) is 18.0. The van der Waals surface area contributed by atoms with Crippen LogP contribution < -0.4 is 4.74 Å². The second-order valence-corrected chi connectivity index (χ2v) is 7.61. The molecule has 1 aromatic carbocycles. The molecule has 1 aliphatic heterocycles. The first-order valence-electron chi connectivity index (χ1n) is 10.4. The van der Waals surface area contributed by atoms with Gasteiger partial charge in [-0.15, -0.1) is 0 Å². The number of esters is 1. The average molecular weight is 422 g/mol. The van der Waals surface area contributed by atoms with Crippen molar-refractivity contribution < 1.29 is 19.1 Å². The summed E-state index contributed by atoms with van der Waals surface area (Å²) >= 11 is 0. The van der Waals surface area contributed by atoms with Crippen molar-refractivity contribution in [1.29, 1.82) is 0 Å². The Labute approximate surface area is 180 Å². The molecule has 1 saturated heterocycles. The van der Waals surface area contributed by atoms with E-state index in [2.05, 4.69) is 5.10 Å². The number of aryl methyl sites for hydroxylation is 1. The van der Waals surface area contributed by atoms with Gasteiger partial charge < -0.3 is 14.4 Å². The van der Waals surface area contributed by atoms with Gasteiger partial charge >= 0.3 is 5.97 Å². The van der Waals surface area contributed by atoms with Crippen LogP contribution in [-0.4, -0.2) is 58.3 Å². The first-order valence-corrected chi connectivity index (χ1v) is 10.4. The van der Waals surface area contributed by atoms with Gasteiger partial charge in [0.2, 0.25) is 0 Å². The Balaban J connectivity index is 1.63. The van der Waals surface area contributed by atoms with Crippen LogP contribution in [0.5, 0.6) is 5.75 Å². The number of fused-ring (bicyclic) bond motifs is 1. The zero-order valence-electron chi connectivity index (χ0n) is 18.0. The maximum absolute atomic E-state index is 13.4. The number of carbonyl (C=O) groups is 2. The molecule has 31 heavy (non-hydrogen) atoms. The van der Waals surface area contributed by atoms with Gasteiger partial charge in [0, 0.05) is 25.7 Å². The third-order valence-electron chi connectivity index (χ3n) is 5.72. The van der Waals surface area contributed by atoms with Crippen LogP contribution in [0.4, 0.5) is 0 Å². The number of pyridine rings is 1. The van der Waals surface area contributed by atoms with E-state index in [-0.39, 0.29) is 17.8 Å². The number of hydrogen-bond acceptors (Lipinski definition) is 6. The van der Waals surface area contributed by atoms with Crippen molar-refractivity contribution in [2.75, 3.05) is 26.8 Å². The van der Waals surface area contributed by atoms with Crippen molar-refractivity contribution in [1.82, 2.24) is 19.7 Å². The molecule has 0 atom stereocenters. The third-order valence-corrected chi connectivity index (χ3v) is 5.72. The van der Waals surface area contributed by atoms with E-state index in [4.69, 9.17) is 14.5 Å². The van der Waals surface area contributed by atoms with Gasteiger partial charge in [0.25, 0.3) is 5.91 Å². The molecular formula is C23H26N4O4. The van der Waals surface area contributed by atoms with Gasteiger partial charge in [0.05, 0.1) is 42.5 Å². The van der Waals surface area contributed by atoms with Crippen molar-refractivity contribution in [2.24, 2.45) is 13.0 Å². The Kier molecular flexibility index (Phi) is 5.88. The Hall–Kier alpha value is -3.42. The minimum atomic E-state index is -0.171. The Morgan fingerprint density at radius 3 is 2.52 bits per heavy atom. The van der Waals surface area contributed by atoms with E-state index in [9.17, 15) is 9.59 Å². The summed E-state index contributed by atoms with van der Waals surface area (Å²) in [5, 5.41) is 5.02. The molecule has 3 heterocycles. The molecule has 4 rings (SSSR count). The lowest BCUT2D eigenvalue weighted by Gasteiger charge is -2.31. The molecule has 0 N–H and O–H groups in total. The van der Waals surface area contributed by atoms with E-state index >= 15 is 0 Å². The van der Waals surface area contributed by atoms with Crippen molar-refractivity contribution in [3.05, 3.63) is 42.1 Å². The molecule has 1 amide bonds. The quantitative estimate of drug-likeness (QED) is 0.588. The van der Waals surface area contributed by atoms with Crippen LogP contribution >= 0.6 is 0 Å². The van der Waals surface area contributed by atoms with Crippen LogP contribution in [0.3, 0.4) is 0 Å². The van der Waals surface area contributed by atoms with E-state index in [0.717, 1.165) is 16.7 Å². The van der Waals surface area contributed by atoms with Crippen LogP contribution in [0, 0.1) is 5.92 Å². The maximum Gasteiger partial charge on any atom is 0.309 e. The fourth-order valence-electron chi connectivity index (χ4n) is 3.95. The minimum absolute atomic E-state index is 0.0718. The monoisotopic (exact) mass is 422 g/mol. The number of aromatic nitrogens is 3. The predicted molar refractivity (Wildman–Crippen MR) is 116 cm³/mol. The molecule has 2 aromatic heterocycles. The highest BCUT2D eigenvalue weighted by atomic mass is 16.5. The van der Waals surface area contributed by atoms with E-state index in [1.807, 2.05) is 37.4 Å². The fraction of sp³-hybridized carbons (Fsp3) is 0.391. The van der Waals surface area contributed by atoms with E-state index in [1.165, 1.54) is 0 Å². The van der Waals surface area contributed by atoms with Gasteiger partial charge in [0.15, 0.2) is 5.65 Å². The summed E-state index contributed by atoms with van der Waals surface area (Å²) in [6.45, 7) is 3.22. The van der Waals surface area contributed by atoms with Gasteiger partial charge in [-0.2, -0.15) is 5.10 Å². The zero-order chi connectivity index (χ0) is 22.0. The molecule has 1 fully saturated rings. The molecule has 0 spiro atoms. The number of methoxy groups -OCH3 is 1. The Bertz CT molecular complexity index is 1100. The molecule has 0 unspecified atom stereocenters. The van der Waals surface area contributed by atoms with Crippen LogP contribution in [0.25, 0.3) is 22.3 Å². The number of benzene rings is 1. The smallest absolute Gasteiger partial charge is 0.309 e. The number of nitrogens with zero attached hydrogens (tertiary/aromatic N) is 4. The number of likely N-dealkylation sites (tertiary alicyclic amines) is 1. The Morgan fingerprint density at radius 2 is 1.87 bits per heavy atom. The summed E-state index contributed by atoms with van der Waals surface area (Å²) in [6.07, 6.45) is 2.90. The van der Waals surface area contributed by atoms with Crippen LogP contribution in [0.1, 0.15) is 30.1 Å². The summed E-state index contributed by atoms with van der Waals surface area (Å²) in [4.78, 5) is 32.0. The van der Waals surface area contributed by atoms with Crippen molar-refractivity contribution >= 4 is 22.9 Å². The van der Waals surface area contributed by atoms with Crippen LogP contribution in [0.2, 0.25) is 0 Å². The van der Waals surface area contributed by atoms with E-state index in [1.54, 1.807) is 29.8 Å². The lowest BCUT2D eigenvalue weighted by Crippen LogP contribution is -2.40. The van der Waals surface area contributed by atoms with Gasteiger partial charge in [-0.25, -0.2) is 4.98 Å². The van der Waals surface area contributed by atoms with Crippen molar-refractivity contribution in [3.63, 3.8) is 0 Å². The molecule has 0 aliphatic carbocycles. The first-order chi connectivity index (χ1) is 15.0.